The molecule has 0 radical (unpaired) electrons. The van der Waals surface area contributed by atoms with E-state index in [4.69, 9.17) is 0 Å². The maximum absolute atomic E-state index is 12.2. The molecule has 1 heterocycles. The lowest BCUT2D eigenvalue weighted by Gasteiger charge is -2.23. The zero-order valence-electron chi connectivity index (χ0n) is 13.2. The van der Waals surface area contributed by atoms with Crippen molar-refractivity contribution in [1.82, 2.24) is 10.6 Å². The minimum atomic E-state index is 0. The molecule has 1 saturated heterocycles. The van der Waals surface area contributed by atoms with Crippen LogP contribution < -0.4 is 10.6 Å². The summed E-state index contributed by atoms with van der Waals surface area (Å²) in [7, 11) is 0. The highest BCUT2D eigenvalue weighted by Gasteiger charge is 2.18. The average Bonchev–Trinajstić information content (AvgIpc) is 2.55. The molecule has 23 heavy (non-hydrogen) atoms. The Balaban J connectivity index is 0.00000192. The van der Waals surface area contributed by atoms with Gasteiger partial charge in [-0.2, -0.15) is 11.8 Å². The van der Waals surface area contributed by atoms with E-state index < -0.39 is 0 Å². The molecule has 1 fully saturated rings. The number of hydrogen-bond acceptors (Lipinski definition) is 3. The lowest BCUT2D eigenvalue weighted by Crippen LogP contribution is -2.41. The van der Waals surface area contributed by atoms with Gasteiger partial charge in [-0.1, -0.05) is 36.4 Å². The van der Waals surface area contributed by atoms with Crippen molar-refractivity contribution in [3.63, 3.8) is 0 Å². The highest BCUT2D eigenvalue weighted by molar-refractivity contribution is 7.99. The number of halogens is 1. The van der Waals surface area contributed by atoms with E-state index in [1.165, 1.54) is 10.8 Å². The Bertz CT molecular complexity index is 658. The number of benzene rings is 2. The fourth-order valence-corrected chi connectivity index (χ4v) is 3.78. The number of rotatable bonds is 4. The van der Waals surface area contributed by atoms with Crippen LogP contribution in [0.2, 0.25) is 0 Å². The molecule has 1 aliphatic heterocycles. The molecule has 2 atom stereocenters. The Kier molecular flexibility index (Phi) is 6.75. The molecule has 0 spiro atoms. The maximum Gasteiger partial charge on any atom is 0.222 e. The number of hydrogen-bond donors (Lipinski definition) is 2. The molecular weight excluding hydrogens is 328 g/mol. The molecule has 0 aromatic heterocycles. The first-order chi connectivity index (χ1) is 10.7. The molecule has 124 valence electrons. The van der Waals surface area contributed by atoms with Gasteiger partial charge in [0.05, 0.1) is 6.04 Å². The van der Waals surface area contributed by atoms with Gasteiger partial charge in [-0.25, -0.2) is 0 Å². The number of fused-ring (bicyclic) bond motifs is 1. The van der Waals surface area contributed by atoms with Crippen LogP contribution in [-0.4, -0.2) is 30.0 Å². The van der Waals surface area contributed by atoms with Gasteiger partial charge in [0, 0.05) is 30.5 Å². The lowest BCUT2D eigenvalue weighted by atomic mass is 10.0. The Morgan fingerprint density at radius 1 is 1.30 bits per heavy atom. The van der Waals surface area contributed by atoms with E-state index in [1.54, 1.807) is 0 Å². The molecule has 3 rings (SSSR count). The average molecular weight is 351 g/mol. The first kappa shape index (κ1) is 18.1. The van der Waals surface area contributed by atoms with Crippen LogP contribution in [0.1, 0.15) is 24.9 Å². The van der Waals surface area contributed by atoms with Gasteiger partial charge in [0.1, 0.15) is 0 Å². The van der Waals surface area contributed by atoms with Crippen molar-refractivity contribution in [2.45, 2.75) is 25.4 Å². The number of nitrogens with one attached hydrogen (secondary N) is 2. The first-order valence-electron chi connectivity index (χ1n) is 7.81. The third-order valence-electron chi connectivity index (χ3n) is 4.08. The van der Waals surface area contributed by atoms with E-state index in [0.29, 0.717) is 12.5 Å². The fourth-order valence-electron chi connectivity index (χ4n) is 2.84. The Hall–Kier alpha value is -1.23. The van der Waals surface area contributed by atoms with Crippen LogP contribution in [0.5, 0.6) is 0 Å². The lowest BCUT2D eigenvalue weighted by molar-refractivity contribution is -0.122. The normalized spacial score (nSPS) is 18.9. The molecule has 0 saturated carbocycles. The highest BCUT2D eigenvalue weighted by atomic mass is 35.5. The van der Waals surface area contributed by atoms with Crippen LogP contribution >= 0.6 is 24.2 Å². The molecule has 5 heteroatoms. The summed E-state index contributed by atoms with van der Waals surface area (Å²) in [6.07, 6.45) is 0.560. The molecule has 3 nitrogen and oxygen atoms in total. The summed E-state index contributed by atoms with van der Waals surface area (Å²) >= 11 is 1.92. The van der Waals surface area contributed by atoms with Crippen molar-refractivity contribution in [3.05, 3.63) is 48.0 Å². The zero-order chi connectivity index (χ0) is 15.4. The summed E-state index contributed by atoms with van der Waals surface area (Å²) in [6.45, 7) is 3.05. The van der Waals surface area contributed by atoms with E-state index in [-0.39, 0.29) is 24.4 Å². The van der Waals surface area contributed by atoms with Crippen LogP contribution in [0.3, 0.4) is 0 Å². The van der Waals surface area contributed by atoms with E-state index >= 15 is 0 Å². The minimum absolute atomic E-state index is 0. The molecule has 0 bridgehead atoms. The largest absolute Gasteiger partial charge is 0.350 e. The van der Waals surface area contributed by atoms with Crippen LogP contribution in [-0.2, 0) is 4.79 Å². The quantitative estimate of drug-likeness (QED) is 0.886. The third kappa shape index (κ3) is 4.87. The molecule has 1 aliphatic rings. The van der Waals surface area contributed by atoms with Crippen LogP contribution in [0.4, 0.5) is 0 Å². The van der Waals surface area contributed by atoms with Gasteiger partial charge in [-0.3, -0.25) is 4.79 Å². The third-order valence-corrected chi connectivity index (χ3v) is 5.21. The summed E-state index contributed by atoms with van der Waals surface area (Å²) < 4.78 is 0. The second-order valence-corrected chi connectivity index (χ2v) is 6.98. The van der Waals surface area contributed by atoms with Gasteiger partial charge in [-0.15, -0.1) is 12.4 Å². The van der Waals surface area contributed by atoms with Crippen molar-refractivity contribution < 1.29 is 4.79 Å². The second-order valence-electron chi connectivity index (χ2n) is 5.83. The van der Waals surface area contributed by atoms with Crippen molar-refractivity contribution in [2.24, 2.45) is 0 Å². The van der Waals surface area contributed by atoms with Gasteiger partial charge in [0.2, 0.25) is 5.91 Å². The van der Waals surface area contributed by atoms with Crippen LogP contribution in [0.15, 0.2) is 42.5 Å². The molecule has 2 unspecified atom stereocenters. The van der Waals surface area contributed by atoms with Gasteiger partial charge in [0.25, 0.3) is 0 Å². The molecule has 1 amide bonds. The first-order valence-corrected chi connectivity index (χ1v) is 8.97. The van der Waals surface area contributed by atoms with Gasteiger partial charge in [0.15, 0.2) is 0 Å². The number of carbonyl (C=O) groups excluding carboxylic acids is 1. The number of carbonyl (C=O) groups is 1. The van der Waals surface area contributed by atoms with E-state index in [0.717, 1.165) is 23.6 Å². The summed E-state index contributed by atoms with van der Waals surface area (Å²) in [5, 5.41) is 8.97. The number of amides is 1. The summed E-state index contributed by atoms with van der Waals surface area (Å²) in [5.41, 5.74) is 1.15. The zero-order valence-corrected chi connectivity index (χ0v) is 14.9. The van der Waals surface area contributed by atoms with Crippen molar-refractivity contribution in [1.29, 1.82) is 0 Å². The molecule has 2 N–H and O–H groups in total. The Morgan fingerprint density at radius 2 is 2.09 bits per heavy atom. The summed E-state index contributed by atoms with van der Waals surface area (Å²) in [6, 6.07) is 15.0. The predicted octanol–water partition coefficient (Wildman–Crippen LogP) is 3.53. The summed E-state index contributed by atoms with van der Waals surface area (Å²) in [4.78, 5) is 12.2. The minimum Gasteiger partial charge on any atom is -0.350 e. The molecule has 2 aromatic carbocycles. The standard InChI is InChI=1S/C18H22N2OS.ClH/c1-13(20-18(21)11-17-12-22-9-8-19-17)15-7-6-14-4-2-3-5-16(14)10-15;/h2-7,10,13,17,19H,8-9,11-12H2,1H3,(H,20,21);1H. The molecule has 2 aromatic rings. The van der Waals surface area contributed by atoms with E-state index in [1.807, 2.05) is 30.8 Å². The second kappa shape index (κ2) is 8.57. The van der Waals surface area contributed by atoms with Gasteiger partial charge >= 0.3 is 0 Å². The van der Waals surface area contributed by atoms with E-state index in [2.05, 4.69) is 41.0 Å². The number of thioether (sulfide) groups is 1. The molecular formula is C18H23ClN2OS. The van der Waals surface area contributed by atoms with Crippen LogP contribution in [0, 0.1) is 0 Å². The van der Waals surface area contributed by atoms with Crippen LogP contribution in [0.25, 0.3) is 10.8 Å². The smallest absolute Gasteiger partial charge is 0.222 e. The maximum atomic E-state index is 12.2. The van der Waals surface area contributed by atoms with Gasteiger partial charge < -0.3 is 10.6 Å². The Morgan fingerprint density at radius 3 is 2.83 bits per heavy atom. The SMILES string of the molecule is CC(NC(=O)CC1CSCCN1)c1ccc2ccccc2c1.Cl. The Labute approximate surface area is 148 Å². The van der Waals surface area contributed by atoms with Crippen molar-refractivity contribution in [3.8, 4) is 0 Å². The predicted molar refractivity (Wildman–Crippen MR) is 101 cm³/mol. The fraction of sp³-hybridized carbons (Fsp3) is 0.389. The topological polar surface area (TPSA) is 41.1 Å². The van der Waals surface area contributed by atoms with Crippen molar-refractivity contribution >= 4 is 40.8 Å². The monoisotopic (exact) mass is 350 g/mol. The highest BCUT2D eigenvalue weighted by Crippen LogP contribution is 2.20. The summed E-state index contributed by atoms with van der Waals surface area (Å²) in [5.74, 6) is 2.30. The van der Waals surface area contributed by atoms with Gasteiger partial charge in [-0.05, 0) is 29.3 Å². The van der Waals surface area contributed by atoms with E-state index in [9.17, 15) is 4.79 Å². The molecule has 0 aliphatic carbocycles. The van der Waals surface area contributed by atoms with Crippen molar-refractivity contribution in [2.75, 3.05) is 18.1 Å².